The van der Waals surface area contributed by atoms with Crippen molar-refractivity contribution in [2.24, 2.45) is 5.14 Å². The van der Waals surface area contributed by atoms with Gasteiger partial charge in [0.2, 0.25) is 10.0 Å². The summed E-state index contributed by atoms with van der Waals surface area (Å²) in [4.78, 5) is 0. The van der Waals surface area contributed by atoms with Gasteiger partial charge in [0.05, 0.1) is 5.75 Å². The summed E-state index contributed by atoms with van der Waals surface area (Å²) in [7, 11) is -3.49. The average molecular weight is 260 g/mol. The molecule has 96 valence electrons. The summed E-state index contributed by atoms with van der Waals surface area (Å²) >= 11 is 0. The molecule has 1 atom stereocenters. The molecule has 17 heavy (non-hydrogen) atoms. The SMILES string of the molecule is CC(NCCS(N)(=O)=O)c1cc(O)ccc1O. The first kappa shape index (κ1) is 13.8. The zero-order chi connectivity index (χ0) is 13.1. The van der Waals surface area contributed by atoms with Gasteiger partial charge in [-0.3, -0.25) is 0 Å². The highest BCUT2D eigenvalue weighted by Gasteiger charge is 2.11. The van der Waals surface area contributed by atoms with E-state index in [1.807, 2.05) is 0 Å². The van der Waals surface area contributed by atoms with Crippen LogP contribution < -0.4 is 10.5 Å². The van der Waals surface area contributed by atoms with Gasteiger partial charge in [-0.2, -0.15) is 0 Å². The van der Waals surface area contributed by atoms with Crippen LogP contribution in [-0.2, 0) is 10.0 Å². The van der Waals surface area contributed by atoms with E-state index in [4.69, 9.17) is 5.14 Å². The van der Waals surface area contributed by atoms with Gasteiger partial charge >= 0.3 is 0 Å². The Hall–Kier alpha value is -1.31. The van der Waals surface area contributed by atoms with Crippen LogP contribution in [0.2, 0.25) is 0 Å². The summed E-state index contributed by atoms with van der Waals surface area (Å²) in [6, 6.07) is 3.88. The van der Waals surface area contributed by atoms with Crippen LogP contribution in [-0.4, -0.2) is 30.9 Å². The maximum Gasteiger partial charge on any atom is 0.210 e. The molecule has 0 radical (unpaired) electrons. The lowest BCUT2D eigenvalue weighted by atomic mass is 10.1. The highest BCUT2D eigenvalue weighted by molar-refractivity contribution is 7.89. The quantitative estimate of drug-likeness (QED) is 0.558. The number of benzene rings is 1. The number of nitrogens with two attached hydrogens (primary N) is 1. The normalized spacial score (nSPS) is 13.5. The highest BCUT2D eigenvalue weighted by Crippen LogP contribution is 2.27. The summed E-state index contributed by atoms with van der Waals surface area (Å²) in [5.41, 5.74) is 0.499. The summed E-state index contributed by atoms with van der Waals surface area (Å²) in [5, 5.41) is 26.6. The Morgan fingerprint density at radius 2 is 2.06 bits per heavy atom. The van der Waals surface area contributed by atoms with E-state index < -0.39 is 10.0 Å². The maximum absolute atomic E-state index is 10.7. The molecule has 0 heterocycles. The minimum Gasteiger partial charge on any atom is -0.508 e. The number of primary sulfonamides is 1. The zero-order valence-corrected chi connectivity index (χ0v) is 10.2. The topological polar surface area (TPSA) is 113 Å². The number of nitrogens with one attached hydrogen (secondary N) is 1. The predicted octanol–water partition coefficient (Wildman–Crippen LogP) is 0.0369. The molecule has 0 aromatic heterocycles. The molecule has 1 rings (SSSR count). The molecule has 1 aromatic carbocycles. The van der Waals surface area contributed by atoms with Crippen molar-refractivity contribution in [1.82, 2.24) is 5.32 Å². The minimum atomic E-state index is -3.49. The number of sulfonamides is 1. The van der Waals surface area contributed by atoms with Crippen molar-refractivity contribution in [3.05, 3.63) is 23.8 Å². The Morgan fingerprint density at radius 3 is 2.65 bits per heavy atom. The highest BCUT2D eigenvalue weighted by atomic mass is 32.2. The third kappa shape index (κ3) is 4.59. The van der Waals surface area contributed by atoms with E-state index >= 15 is 0 Å². The standard InChI is InChI=1S/C10H16N2O4S/c1-7(12-4-5-17(11,15)16)9-6-8(13)2-3-10(9)14/h2-3,6-7,12-14H,4-5H2,1H3,(H2,11,15,16). The summed E-state index contributed by atoms with van der Waals surface area (Å²) in [5.74, 6) is -0.104. The lowest BCUT2D eigenvalue weighted by Gasteiger charge is -2.15. The monoisotopic (exact) mass is 260 g/mol. The van der Waals surface area contributed by atoms with E-state index in [9.17, 15) is 18.6 Å². The first-order valence-corrected chi connectivity index (χ1v) is 6.77. The van der Waals surface area contributed by atoms with Gasteiger partial charge in [-0.05, 0) is 25.1 Å². The van der Waals surface area contributed by atoms with Crippen molar-refractivity contribution >= 4 is 10.0 Å². The Balaban J connectivity index is 2.64. The van der Waals surface area contributed by atoms with E-state index in [-0.39, 0.29) is 29.8 Å². The van der Waals surface area contributed by atoms with Gasteiger partial charge in [0.15, 0.2) is 0 Å². The van der Waals surface area contributed by atoms with Crippen LogP contribution in [0.1, 0.15) is 18.5 Å². The van der Waals surface area contributed by atoms with E-state index in [0.717, 1.165) is 0 Å². The van der Waals surface area contributed by atoms with Crippen LogP contribution in [0, 0.1) is 0 Å². The third-order valence-corrected chi connectivity index (χ3v) is 3.09. The molecular weight excluding hydrogens is 244 g/mol. The molecule has 0 saturated heterocycles. The summed E-state index contributed by atoms with van der Waals surface area (Å²) in [6.45, 7) is 1.92. The minimum absolute atomic E-state index is 0.0397. The second kappa shape index (κ2) is 5.35. The van der Waals surface area contributed by atoms with Crippen LogP contribution in [0.5, 0.6) is 11.5 Å². The van der Waals surface area contributed by atoms with Gasteiger partial charge in [0.1, 0.15) is 11.5 Å². The summed E-state index contributed by atoms with van der Waals surface area (Å²) in [6.07, 6.45) is 0. The van der Waals surface area contributed by atoms with E-state index in [1.165, 1.54) is 18.2 Å². The first-order chi connectivity index (χ1) is 7.79. The zero-order valence-electron chi connectivity index (χ0n) is 9.42. The average Bonchev–Trinajstić information content (AvgIpc) is 2.19. The van der Waals surface area contributed by atoms with Gasteiger partial charge in [0.25, 0.3) is 0 Å². The van der Waals surface area contributed by atoms with Crippen molar-refractivity contribution in [2.75, 3.05) is 12.3 Å². The van der Waals surface area contributed by atoms with Gasteiger partial charge in [-0.15, -0.1) is 0 Å². The molecule has 7 heteroatoms. The van der Waals surface area contributed by atoms with Crippen molar-refractivity contribution in [3.63, 3.8) is 0 Å². The number of phenols is 2. The molecule has 0 aliphatic carbocycles. The lowest BCUT2D eigenvalue weighted by Crippen LogP contribution is -2.28. The van der Waals surface area contributed by atoms with E-state index in [1.54, 1.807) is 6.92 Å². The molecule has 5 N–H and O–H groups in total. The molecule has 0 aliphatic heterocycles. The Bertz CT molecular complexity index is 487. The number of aromatic hydroxyl groups is 2. The number of phenolic OH excluding ortho intramolecular Hbond substituents is 2. The maximum atomic E-state index is 10.7. The third-order valence-electron chi connectivity index (χ3n) is 2.31. The van der Waals surface area contributed by atoms with Gasteiger partial charge < -0.3 is 15.5 Å². The fourth-order valence-corrected chi connectivity index (χ4v) is 1.82. The molecule has 6 nitrogen and oxygen atoms in total. The van der Waals surface area contributed by atoms with Crippen molar-refractivity contribution in [3.8, 4) is 11.5 Å². The van der Waals surface area contributed by atoms with Gasteiger partial charge in [-0.25, -0.2) is 13.6 Å². The van der Waals surface area contributed by atoms with Crippen LogP contribution >= 0.6 is 0 Å². The fourth-order valence-electron chi connectivity index (χ4n) is 1.42. The second-order valence-corrected chi connectivity index (χ2v) is 5.52. The van der Waals surface area contributed by atoms with Crippen molar-refractivity contribution in [2.45, 2.75) is 13.0 Å². The van der Waals surface area contributed by atoms with Crippen molar-refractivity contribution in [1.29, 1.82) is 0 Å². The Morgan fingerprint density at radius 1 is 1.41 bits per heavy atom. The molecule has 0 spiro atoms. The number of rotatable bonds is 5. The molecule has 0 amide bonds. The van der Waals surface area contributed by atoms with E-state index in [0.29, 0.717) is 5.56 Å². The largest absolute Gasteiger partial charge is 0.508 e. The fraction of sp³-hybridized carbons (Fsp3) is 0.400. The van der Waals surface area contributed by atoms with Crippen molar-refractivity contribution < 1.29 is 18.6 Å². The Kier molecular flexibility index (Phi) is 4.33. The molecule has 0 fully saturated rings. The molecule has 0 saturated carbocycles. The molecule has 1 unspecified atom stereocenters. The molecule has 0 bridgehead atoms. The van der Waals surface area contributed by atoms with Crippen LogP contribution in [0.4, 0.5) is 0 Å². The number of hydrogen-bond acceptors (Lipinski definition) is 5. The van der Waals surface area contributed by atoms with Gasteiger partial charge in [-0.1, -0.05) is 0 Å². The van der Waals surface area contributed by atoms with Crippen LogP contribution in [0.3, 0.4) is 0 Å². The van der Waals surface area contributed by atoms with E-state index in [2.05, 4.69) is 5.32 Å². The smallest absolute Gasteiger partial charge is 0.210 e. The number of hydrogen-bond donors (Lipinski definition) is 4. The lowest BCUT2D eigenvalue weighted by molar-refractivity contribution is 0.442. The molecule has 0 aliphatic rings. The molecular formula is C10H16N2O4S. The Labute approximate surface area is 100 Å². The predicted molar refractivity (Wildman–Crippen MR) is 64.2 cm³/mol. The van der Waals surface area contributed by atoms with Gasteiger partial charge in [0, 0.05) is 18.2 Å². The first-order valence-electron chi connectivity index (χ1n) is 5.05. The van der Waals surface area contributed by atoms with Crippen LogP contribution in [0.15, 0.2) is 18.2 Å². The molecule has 1 aromatic rings. The second-order valence-electron chi connectivity index (χ2n) is 3.79. The summed E-state index contributed by atoms with van der Waals surface area (Å²) < 4.78 is 21.4. The van der Waals surface area contributed by atoms with Crippen LogP contribution in [0.25, 0.3) is 0 Å².